The van der Waals surface area contributed by atoms with Crippen LogP contribution in [0.3, 0.4) is 0 Å². The number of aliphatic carboxylic acids is 1. The molecule has 2 atom stereocenters. The second-order valence-electron chi connectivity index (χ2n) is 8.33. The van der Waals surface area contributed by atoms with Gasteiger partial charge in [0.15, 0.2) is 6.10 Å². The van der Waals surface area contributed by atoms with Crippen LogP contribution in [0.4, 0.5) is 4.79 Å². The lowest BCUT2D eigenvalue weighted by molar-refractivity contribution is -0.149. The molecule has 182 valence electrons. The number of fused-ring (bicyclic) bond motifs is 3. The van der Waals surface area contributed by atoms with Crippen molar-refractivity contribution in [1.82, 2.24) is 10.6 Å². The monoisotopic (exact) mass is 468 g/mol. The molecule has 3 N–H and O–H groups in total. The molecule has 0 saturated heterocycles. The van der Waals surface area contributed by atoms with Crippen LogP contribution in [0, 0.1) is 5.92 Å². The fourth-order valence-corrected chi connectivity index (χ4v) is 4.34. The number of alkyl carbamates (subject to hydrolysis) is 1. The highest BCUT2D eigenvalue weighted by atomic mass is 16.5. The first-order chi connectivity index (χ1) is 16.5. The van der Waals surface area contributed by atoms with E-state index in [1.165, 1.54) is 7.11 Å². The Labute approximate surface area is 199 Å². The Morgan fingerprint density at radius 1 is 0.971 bits per heavy atom. The summed E-state index contributed by atoms with van der Waals surface area (Å²) in [6.45, 7) is 2.48. The van der Waals surface area contributed by atoms with Crippen LogP contribution in [0.1, 0.15) is 43.2 Å². The quantitative estimate of drug-likeness (QED) is 0.439. The minimum atomic E-state index is -1.07. The molecule has 1 aliphatic carbocycles. The van der Waals surface area contributed by atoms with Gasteiger partial charge in [-0.2, -0.15) is 0 Å². The molecule has 8 nitrogen and oxygen atoms in total. The van der Waals surface area contributed by atoms with Gasteiger partial charge in [0.25, 0.3) is 0 Å². The molecule has 0 fully saturated rings. The Morgan fingerprint density at radius 3 is 2.15 bits per heavy atom. The van der Waals surface area contributed by atoms with Crippen LogP contribution < -0.4 is 10.6 Å². The maximum atomic E-state index is 12.5. The number of nitrogens with one attached hydrogen (secondary N) is 2. The maximum Gasteiger partial charge on any atom is 0.407 e. The summed E-state index contributed by atoms with van der Waals surface area (Å²) in [5.41, 5.74) is 4.58. The second kappa shape index (κ2) is 12.2. The highest BCUT2D eigenvalue weighted by Gasteiger charge is 2.29. The summed E-state index contributed by atoms with van der Waals surface area (Å²) < 4.78 is 10.4. The number of hydrogen-bond acceptors (Lipinski definition) is 5. The zero-order valence-corrected chi connectivity index (χ0v) is 19.6. The molecule has 34 heavy (non-hydrogen) atoms. The summed E-state index contributed by atoms with van der Waals surface area (Å²) in [6, 6.07) is 16.2. The molecule has 3 rings (SSSR count). The van der Waals surface area contributed by atoms with Gasteiger partial charge >= 0.3 is 12.1 Å². The molecule has 0 radical (unpaired) electrons. The average molecular weight is 469 g/mol. The number of hydrogen-bond donors (Lipinski definition) is 3. The molecule has 8 heteroatoms. The van der Waals surface area contributed by atoms with Gasteiger partial charge in [-0.3, -0.25) is 4.79 Å². The zero-order chi connectivity index (χ0) is 24.5. The molecule has 0 aliphatic heterocycles. The number of carboxylic acids is 1. The molecule has 2 amide bonds. The minimum Gasteiger partial charge on any atom is -0.479 e. The van der Waals surface area contributed by atoms with E-state index in [1.54, 1.807) is 0 Å². The summed E-state index contributed by atoms with van der Waals surface area (Å²) in [4.78, 5) is 36.0. The molecule has 2 aromatic rings. The molecule has 0 heterocycles. The van der Waals surface area contributed by atoms with Crippen LogP contribution in [-0.4, -0.2) is 56.0 Å². The Bertz CT molecular complexity index is 963. The number of methoxy groups -OCH3 is 1. The normalized spacial score (nSPS) is 13.9. The first kappa shape index (κ1) is 25.2. The topological polar surface area (TPSA) is 114 Å². The smallest absolute Gasteiger partial charge is 0.407 e. The van der Waals surface area contributed by atoms with E-state index in [1.807, 2.05) is 31.2 Å². The van der Waals surface area contributed by atoms with Gasteiger partial charge < -0.3 is 25.2 Å². The van der Waals surface area contributed by atoms with Crippen LogP contribution in [0.15, 0.2) is 48.5 Å². The Morgan fingerprint density at radius 2 is 1.59 bits per heavy atom. The van der Waals surface area contributed by atoms with Gasteiger partial charge in [-0.15, -0.1) is 0 Å². The van der Waals surface area contributed by atoms with Crippen LogP contribution in [-0.2, 0) is 19.1 Å². The second-order valence-corrected chi connectivity index (χ2v) is 8.33. The number of carboxylic acid groups (broad SMARTS) is 1. The summed E-state index contributed by atoms with van der Waals surface area (Å²) in [5.74, 6) is -1.77. The minimum absolute atomic E-state index is 0.0316. The molecule has 0 bridgehead atoms. The lowest BCUT2D eigenvalue weighted by atomic mass is 9.98. The van der Waals surface area contributed by atoms with E-state index >= 15 is 0 Å². The summed E-state index contributed by atoms with van der Waals surface area (Å²) in [6.07, 6.45) is -0.0245. The highest BCUT2D eigenvalue weighted by Crippen LogP contribution is 2.44. The van der Waals surface area contributed by atoms with E-state index in [9.17, 15) is 14.4 Å². The number of ether oxygens (including phenoxy) is 2. The number of carbonyl (C=O) groups is 3. The Hall–Kier alpha value is -3.39. The molecule has 1 aliphatic rings. The molecule has 0 spiro atoms. The van der Waals surface area contributed by atoms with E-state index in [-0.39, 0.29) is 37.9 Å². The molecular formula is C26H32N2O6. The van der Waals surface area contributed by atoms with Crippen molar-refractivity contribution in [1.29, 1.82) is 0 Å². The van der Waals surface area contributed by atoms with Crippen molar-refractivity contribution in [3.8, 4) is 11.1 Å². The first-order valence-corrected chi connectivity index (χ1v) is 11.6. The summed E-state index contributed by atoms with van der Waals surface area (Å²) >= 11 is 0. The van der Waals surface area contributed by atoms with Crippen molar-refractivity contribution in [2.75, 3.05) is 26.8 Å². The van der Waals surface area contributed by atoms with Crippen molar-refractivity contribution < 1.29 is 29.0 Å². The van der Waals surface area contributed by atoms with E-state index in [0.29, 0.717) is 6.42 Å². The van der Waals surface area contributed by atoms with Crippen molar-refractivity contribution in [3.63, 3.8) is 0 Å². The van der Waals surface area contributed by atoms with Gasteiger partial charge in [-0.25, -0.2) is 9.59 Å². The van der Waals surface area contributed by atoms with Crippen molar-refractivity contribution in [2.45, 2.75) is 38.2 Å². The third kappa shape index (κ3) is 6.14. The van der Waals surface area contributed by atoms with Gasteiger partial charge in [0.05, 0.1) is 5.92 Å². The van der Waals surface area contributed by atoms with Gasteiger partial charge in [0.1, 0.15) is 6.61 Å². The maximum absolute atomic E-state index is 12.5. The fourth-order valence-electron chi connectivity index (χ4n) is 4.34. The van der Waals surface area contributed by atoms with Crippen LogP contribution >= 0.6 is 0 Å². The SMILES string of the molecule is CCCC(CNC(=O)OCC1c2ccccc2-c2ccccc21)C(=O)NCCC(OC)C(=O)O. The molecule has 2 unspecified atom stereocenters. The van der Waals surface area contributed by atoms with E-state index in [2.05, 4.69) is 34.9 Å². The molecule has 0 saturated carbocycles. The Kier molecular flexibility index (Phi) is 9.04. The van der Waals surface area contributed by atoms with E-state index in [4.69, 9.17) is 14.6 Å². The Balaban J connectivity index is 1.50. The summed E-state index contributed by atoms with van der Waals surface area (Å²) in [7, 11) is 1.32. The number of benzene rings is 2. The van der Waals surface area contributed by atoms with Crippen molar-refractivity contribution in [2.24, 2.45) is 5.92 Å². The van der Waals surface area contributed by atoms with Crippen molar-refractivity contribution in [3.05, 3.63) is 59.7 Å². The fraction of sp³-hybridized carbons (Fsp3) is 0.423. The van der Waals surface area contributed by atoms with Gasteiger partial charge in [0.2, 0.25) is 5.91 Å². The van der Waals surface area contributed by atoms with E-state index in [0.717, 1.165) is 28.7 Å². The molecule has 2 aromatic carbocycles. The highest BCUT2D eigenvalue weighted by molar-refractivity contribution is 5.80. The largest absolute Gasteiger partial charge is 0.479 e. The van der Waals surface area contributed by atoms with E-state index < -0.39 is 24.1 Å². The third-order valence-corrected chi connectivity index (χ3v) is 6.11. The first-order valence-electron chi connectivity index (χ1n) is 11.6. The standard InChI is InChI=1S/C26H32N2O6/c1-3-8-17(24(29)27-14-13-23(33-2)25(30)31)15-28-26(32)34-16-22-20-11-6-4-9-18(20)19-10-5-7-12-21(19)22/h4-7,9-12,17,22-23H,3,8,13-16H2,1-2H3,(H,27,29)(H,28,32)(H,30,31). The van der Waals surface area contributed by atoms with Crippen molar-refractivity contribution >= 4 is 18.0 Å². The van der Waals surface area contributed by atoms with Gasteiger partial charge in [0, 0.05) is 32.5 Å². The van der Waals surface area contributed by atoms with Gasteiger partial charge in [-0.1, -0.05) is 61.9 Å². The zero-order valence-electron chi connectivity index (χ0n) is 19.6. The van der Waals surface area contributed by atoms with Crippen LogP contribution in [0.2, 0.25) is 0 Å². The predicted octanol–water partition coefficient (Wildman–Crippen LogP) is 3.55. The number of amides is 2. The average Bonchev–Trinajstić information content (AvgIpc) is 3.16. The number of carbonyl (C=O) groups excluding carboxylic acids is 2. The van der Waals surface area contributed by atoms with Crippen LogP contribution in [0.5, 0.6) is 0 Å². The van der Waals surface area contributed by atoms with Crippen LogP contribution in [0.25, 0.3) is 11.1 Å². The number of rotatable bonds is 12. The lowest BCUT2D eigenvalue weighted by Gasteiger charge is -2.19. The molecule has 0 aromatic heterocycles. The predicted molar refractivity (Wildman–Crippen MR) is 128 cm³/mol. The third-order valence-electron chi connectivity index (χ3n) is 6.11. The van der Waals surface area contributed by atoms with Gasteiger partial charge in [-0.05, 0) is 28.7 Å². The molecular weight excluding hydrogens is 436 g/mol. The lowest BCUT2D eigenvalue weighted by Crippen LogP contribution is -2.40. The summed E-state index contributed by atoms with van der Waals surface area (Å²) in [5, 5.41) is 14.5.